The van der Waals surface area contributed by atoms with Crippen LogP contribution in [0, 0.1) is 13.8 Å². The number of nitrogens with zero attached hydrogens (tertiary/aromatic N) is 2. The van der Waals surface area contributed by atoms with Crippen LogP contribution < -0.4 is 20.9 Å². The number of hydrogen-bond acceptors (Lipinski definition) is 4. The van der Waals surface area contributed by atoms with Crippen LogP contribution >= 0.6 is 0 Å². The molecule has 0 spiro atoms. The molecule has 2 atom stereocenters. The second-order valence-corrected chi connectivity index (χ2v) is 13.9. The molecule has 0 saturated heterocycles. The minimum absolute atomic E-state index is 0.124. The number of Topliss-reactive ketones (excluding diaryl/α,β-unsaturated/α-hetero) is 1. The van der Waals surface area contributed by atoms with E-state index >= 15 is 0 Å². The number of anilines is 4. The number of nitrogen functional groups attached to an aromatic ring is 2. The molecule has 0 fully saturated rings. The molecule has 5 heteroatoms. The Labute approximate surface area is 279 Å². The molecule has 4 aromatic carbocycles. The van der Waals surface area contributed by atoms with Gasteiger partial charge in [0.25, 0.3) is 0 Å². The largest absolute Gasteiger partial charge is 0.399 e. The Morgan fingerprint density at radius 1 is 0.809 bits per heavy atom. The van der Waals surface area contributed by atoms with Gasteiger partial charge in [0, 0.05) is 64.4 Å². The molecule has 2 heterocycles. The number of benzene rings is 4. The lowest BCUT2D eigenvalue weighted by atomic mass is 9.75. The van der Waals surface area contributed by atoms with Crippen LogP contribution in [0.1, 0.15) is 62.8 Å². The molecule has 0 amide bonds. The van der Waals surface area contributed by atoms with Crippen molar-refractivity contribution in [3.63, 3.8) is 0 Å². The number of carbonyl (C=O) groups excluding carboxylic acids is 1. The molecule has 0 aromatic heterocycles. The summed E-state index contributed by atoms with van der Waals surface area (Å²) in [6, 6.07) is 29.4. The summed E-state index contributed by atoms with van der Waals surface area (Å²) in [5.74, 6) is 0.124. The van der Waals surface area contributed by atoms with Gasteiger partial charge in [-0.25, -0.2) is 0 Å². The molecule has 47 heavy (non-hydrogen) atoms. The van der Waals surface area contributed by atoms with E-state index in [0.717, 1.165) is 57.4 Å². The van der Waals surface area contributed by atoms with E-state index in [4.69, 9.17) is 11.5 Å². The molecule has 6 rings (SSSR count). The standard InChI is InChI=1S/C42H45N4O/c1-27(2)25-41(6)35-23-31(43)15-21-37(35)45(33-17-11-28(3)12-18-33)39(41)9-8-10-40-42(7,26-30(5)47)36-24-32(44)16-22-38(36)46(40)34-19-13-29(4)14-20-34/h8-24H,1,25-26,43-44H2,2-7H3/q+1. The summed E-state index contributed by atoms with van der Waals surface area (Å²) in [6.07, 6.45) is 7.68. The molecule has 238 valence electrons. The van der Waals surface area contributed by atoms with Gasteiger partial charge >= 0.3 is 0 Å². The van der Waals surface area contributed by atoms with Crippen LogP contribution in [0.2, 0.25) is 0 Å². The highest BCUT2D eigenvalue weighted by Crippen LogP contribution is 2.54. The van der Waals surface area contributed by atoms with Crippen LogP contribution in [0.25, 0.3) is 0 Å². The van der Waals surface area contributed by atoms with E-state index < -0.39 is 5.41 Å². The summed E-state index contributed by atoms with van der Waals surface area (Å²) in [7, 11) is 0. The third-order valence-corrected chi connectivity index (χ3v) is 9.67. The van der Waals surface area contributed by atoms with Crippen molar-refractivity contribution < 1.29 is 4.79 Å². The number of nitrogens with two attached hydrogens (primary N) is 2. The maximum Gasteiger partial charge on any atom is 0.215 e. The normalized spacial score (nSPS) is 21.1. The Bertz CT molecular complexity index is 2000. The van der Waals surface area contributed by atoms with Gasteiger partial charge in [0.15, 0.2) is 5.71 Å². The Balaban J connectivity index is 1.58. The first-order valence-corrected chi connectivity index (χ1v) is 16.3. The maximum atomic E-state index is 12.9. The van der Waals surface area contributed by atoms with E-state index in [-0.39, 0.29) is 11.2 Å². The zero-order valence-corrected chi connectivity index (χ0v) is 28.4. The average Bonchev–Trinajstić information content (AvgIpc) is 3.37. The zero-order chi connectivity index (χ0) is 33.7. The monoisotopic (exact) mass is 621 g/mol. The summed E-state index contributed by atoms with van der Waals surface area (Å²) in [5, 5.41) is 0. The first kappa shape index (κ1) is 31.8. The molecule has 5 nitrogen and oxygen atoms in total. The molecule has 0 bridgehead atoms. The van der Waals surface area contributed by atoms with Gasteiger partial charge in [-0.1, -0.05) is 47.0 Å². The third-order valence-electron chi connectivity index (χ3n) is 9.67. The second-order valence-electron chi connectivity index (χ2n) is 13.9. The van der Waals surface area contributed by atoms with Crippen LogP contribution in [0.4, 0.5) is 34.1 Å². The summed E-state index contributed by atoms with van der Waals surface area (Å²) >= 11 is 0. The van der Waals surface area contributed by atoms with Crippen LogP contribution in [-0.4, -0.2) is 11.5 Å². The van der Waals surface area contributed by atoms with Gasteiger partial charge < -0.3 is 16.4 Å². The van der Waals surface area contributed by atoms with Gasteiger partial charge in [0.2, 0.25) is 11.4 Å². The molecule has 0 aliphatic carbocycles. The third kappa shape index (κ3) is 5.61. The van der Waals surface area contributed by atoms with Crippen molar-refractivity contribution in [1.82, 2.24) is 4.58 Å². The van der Waals surface area contributed by atoms with Crippen molar-refractivity contribution >= 4 is 45.6 Å². The number of hydrogen-bond donors (Lipinski definition) is 2. The number of ketones is 1. The Kier molecular flexibility index (Phi) is 8.05. The van der Waals surface area contributed by atoms with Gasteiger partial charge in [-0.15, -0.1) is 6.58 Å². The maximum absolute atomic E-state index is 12.9. The fourth-order valence-corrected chi connectivity index (χ4v) is 7.57. The summed E-state index contributed by atoms with van der Waals surface area (Å²) in [5.41, 5.74) is 25.4. The fraction of sp³-hybridized carbons (Fsp3) is 0.238. The minimum Gasteiger partial charge on any atom is -0.399 e. The zero-order valence-electron chi connectivity index (χ0n) is 28.4. The second kappa shape index (κ2) is 11.9. The van der Waals surface area contributed by atoms with Crippen LogP contribution in [-0.2, 0) is 15.6 Å². The molecule has 2 aliphatic rings. The van der Waals surface area contributed by atoms with Gasteiger partial charge in [0.05, 0.1) is 11.1 Å². The van der Waals surface area contributed by atoms with Crippen molar-refractivity contribution in [2.45, 2.75) is 65.2 Å². The van der Waals surface area contributed by atoms with Crippen molar-refractivity contribution in [3.05, 3.63) is 143 Å². The van der Waals surface area contributed by atoms with Gasteiger partial charge in [-0.2, -0.15) is 4.58 Å². The number of rotatable bonds is 8. The summed E-state index contributed by atoms with van der Waals surface area (Å²) in [4.78, 5) is 15.2. The van der Waals surface area contributed by atoms with Crippen molar-refractivity contribution in [2.75, 3.05) is 16.4 Å². The Morgan fingerprint density at radius 2 is 1.40 bits per heavy atom. The van der Waals surface area contributed by atoms with Crippen LogP contribution in [0.3, 0.4) is 0 Å². The number of allylic oxidation sites excluding steroid dienone is 5. The lowest BCUT2D eigenvalue weighted by Gasteiger charge is -2.31. The quantitative estimate of drug-likeness (QED) is 0.117. The molecular formula is C42H45N4O+. The topological polar surface area (TPSA) is 75.4 Å². The summed E-state index contributed by atoms with van der Waals surface area (Å²) < 4.78 is 2.28. The SMILES string of the molecule is C=C(C)CC1(C)/C(=C\C=C\C2=[N+](c3ccc(C)cc3)c3ccc(N)cc3C2(C)CC(C)=O)N(c2ccc(C)cc2)c2ccc(N)cc21. The molecule has 0 saturated carbocycles. The predicted molar refractivity (Wildman–Crippen MR) is 199 cm³/mol. The predicted octanol–water partition coefficient (Wildman–Crippen LogP) is 9.51. The lowest BCUT2D eigenvalue weighted by molar-refractivity contribution is -0.117. The smallest absolute Gasteiger partial charge is 0.215 e. The Hall–Kier alpha value is -5.16. The van der Waals surface area contributed by atoms with Crippen LogP contribution in [0.5, 0.6) is 0 Å². The van der Waals surface area contributed by atoms with Crippen molar-refractivity contribution in [1.29, 1.82) is 0 Å². The highest BCUT2D eigenvalue weighted by atomic mass is 16.1. The first-order chi connectivity index (χ1) is 22.3. The minimum atomic E-state index is -0.582. The van der Waals surface area contributed by atoms with E-state index in [9.17, 15) is 4.79 Å². The molecular weight excluding hydrogens is 576 g/mol. The van der Waals surface area contributed by atoms with Crippen molar-refractivity contribution in [3.8, 4) is 0 Å². The molecule has 4 N–H and O–H groups in total. The summed E-state index contributed by atoms with van der Waals surface area (Å²) in [6.45, 7) is 16.7. The number of carbonyl (C=O) groups is 1. The highest BCUT2D eigenvalue weighted by Gasteiger charge is 2.49. The van der Waals surface area contributed by atoms with E-state index in [1.165, 1.54) is 16.7 Å². The number of aryl methyl sites for hydroxylation is 2. The van der Waals surface area contributed by atoms with E-state index in [2.05, 4.69) is 136 Å². The van der Waals surface area contributed by atoms with E-state index in [1.807, 2.05) is 18.2 Å². The molecule has 2 unspecified atom stereocenters. The Morgan fingerprint density at radius 3 is 2.02 bits per heavy atom. The van der Waals surface area contributed by atoms with E-state index in [0.29, 0.717) is 12.1 Å². The first-order valence-electron chi connectivity index (χ1n) is 16.3. The molecule has 4 aromatic rings. The van der Waals surface area contributed by atoms with Gasteiger partial charge in [-0.05, 0) is 102 Å². The molecule has 0 radical (unpaired) electrons. The lowest BCUT2D eigenvalue weighted by Crippen LogP contribution is -2.33. The number of fused-ring (bicyclic) bond motifs is 2. The van der Waals surface area contributed by atoms with E-state index in [1.54, 1.807) is 6.92 Å². The average molecular weight is 622 g/mol. The fourth-order valence-electron chi connectivity index (χ4n) is 7.57. The highest BCUT2D eigenvalue weighted by molar-refractivity contribution is 6.12. The van der Waals surface area contributed by atoms with Gasteiger partial charge in [0.1, 0.15) is 5.78 Å². The van der Waals surface area contributed by atoms with Crippen LogP contribution in [0.15, 0.2) is 121 Å². The molecule has 2 aliphatic heterocycles. The van der Waals surface area contributed by atoms with Gasteiger partial charge in [-0.3, -0.25) is 4.79 Å². The van der Waals surface area contributed by atoms with Crippen molar-refractivity contribution in [2.24, 2.45) is 0 Å².